The van der Waals surface area contributed by atoms with Crippen molar-refractivity contribution >= 4 is 11.6 Å². The minimum Gasteiger partial charge on any atom is -0.496 e. The van der Waals surface area contributed by atoms with Gasteiger partial charge in [-0.3, -0.25) is 4.90 Å². The Morgan fingerprint density at radius 2 is 2.00 bits per heavy atom. The van der Waals surface area contributed by atoms with Crippen LogP contribution >= 0.6 is 11.6 Å². The Labute approximate surface area is 133 Å². The SMILES string of the molecule is COc1cccc(Cl)c1C1C(N)CCCCN1C(C)(C)C. The number of hydrogen-bond acceptors (Lipinski definition) is 3. The van der Waals surface area contributed by atoms with Crippen molar-refractivity contribution in [1.29, 1.82) is 0 Å². The summed E-state index contributed by atoms with van der Waals surface area (Å²) in [5.41, 5.74) is 7.61. The predicted octanol–water partition coefficient (Wildman–Crippen LogP) is 4.00. The Morgan fingerprint density at radius 3 is 2.62 bits per heavy atom. The Morgan fingerprint density at radius 1 is 1.29 bits per heavy atom. The van der Waals surface area contributed by atoms with Gasteiger partial charge in [-0.05, 0) is 52.3 Å². The Kier molecular flexibility index (Phi) is 5.18. The molecule has 2 N–H and O–H groups in total. The van der Waals surface area contributed by atoms with Crippen LogP contribution in [0.1, 0.15) is 51.6 Å². The molecule has 21 heavy (non-hydrogen) atoms. The number of nitrogens with two attached hydrogens (primary N) is 1. The fourth-order valence-corrected chi connectivity index (χ4v) is 3.57. The lowest BCUT2D eigenvalue weighted by molar-refractivity contribution is 0.0742. The number of nitrogens with zero attached hydrogens (tertiary/aromatic N) is 1. The number of methoxy groups -OCH3 is 1. The molecule has 2 rings (SSSR count). The van der Waals surface area contributed by atoms with Crippen molar-refractivity contribution < 1.29 is 4.74 Å². The molecule has 0 saturated carbocycles. The average Bonchev–Trinajstić information content (AvgIpc) is 2.60. The molecule has 1 aliphatic heterocycles. The molecule has 1 aromatic rings. The Balaban J connectivity index is 2.54. The molecular weight excluding hydrogens is 284 g/mol. The van der Waals surface area contributed by atoms with Crippen LogP contribution in [0.15, 0.2) is 18.2 Å². The molecule has 118 valence electrons. The lowest BCUT2D eigenvalue weighted by Crippen LogP contribution is -2.49. The van der Waals surface area contributed by atoms with E-state index in [4.69, 9.17) is 22.1 Å². The van der Waals surface area contributed by atoms with E-state index in [-0.39, 0.29) is 17.6 Å². The zero-order valence-electron chi connectivity index (χ0n) is 13.5. The van der Waals surface area contributed by atoms with Gasteiger partial charge in [0.25, 0.3) is 0 Å². The summed E-state index contributed by atoms with van der Waals surface area (Å²) in [6, 6.07) is 5.99. The molecule has 3 nitrogen and oxygen atoms in total. The van der Waals surface area contributed by atoms with E-state index in [1.807, 2.05) is 18.2 Å². The largest absolute Gasteiger partial charge is 0.496 e. The monoisotopic (exact) mass is 310 g/mol. The van der Waals surface area contributed by atoms with Crippen LogP contribution in [0, 0.1) is 0 Å². The number of rotatable bonds is 2. The fraction of sp³-hybridized carbons (Fsp3) is 0.647. The van der Waals surface area contributed by atoms with Crippen LogP contribution in [0.5, 0.6) is 5.75 Å². The van der Waals surface area contributed by atoms with Gasteiger partial charge in [0, 0.05) is 22.2 Å². The molecule has 1 aliphatic rings. The van der Waals surface area contributed by atoms with Crippen molar-refractivity contribution in [3.05, 3.63) is 28.8 Å². The third kappa shape index (κ3) is 3.53. The van der Waals surface area contributed by atoms with E-state index >= 15 is 0 Å². The van der Waals surface area contributed by atoms with Crippen molar-refractivity contribution in [2.24, 2.45) is 5.73 Å². The zero-order valence-corrected chi connectivity index (χ0v) is 14.3. The number of halogens is 1. The smallest absolute Gasteiger partial charge is 0.125 e. The number of hydrogen-bond donors (Lipinski definition) is 1. The van der Waals surface area contributed by atoms with Crippen LogP contribution in [0.3, 0.4) is 0 Å². The van der Waals surface area contributed by atoms with Crippen molar-refractivity contribution in [2.75, 3.05) is 13.7 Å². The van der Waals surface area contributed by atoms with Crippen molar-refractivity contribution in [2.45, 2.75) is 57.7 Å². The van der Waals surface area contributed by atoms with Crippen molar-refractivity contribution in [3.8, 4) is 5.75 Å². The van der Waals surface area contributed by atoms with E-state index in [2.05, 4.69) is 25.7 Å². The summed E-state index contributed by atoms with van der Waals surface area (Å²) in [6.07, 6.45) is 3.36. The second kappa shape index (κ2) is 6.55. The summed E-state index contributed by atoms with van der Waals surface area (Å²) in [5, 5.41) is 0.742. The van der Waals surface area contributed by atoms with Gasteiger partial charge < -0.3 is 10.5 Å². The third-order valence-electron chi connectivity index (χ3n) is 4.32. The Bertz CT molecular complexity index is 484. The first kappa shape index (κ1) is 16.6. The van der Waals surface area contributed by atoms with Gasteiger partial charge in [0.2, 0.25) is 0 Å². The molecular formula is C17H27ClN2O. The van der Waals surface area contributed by atoms with E-state index in [9.17, 15) is 0 Å². The second-order valence-corrected chi connectivity index (χ2v) is 7.23. The van der Waals surface area contributed by atoms with Crippen LogP contribution in [0.25, 0.3) is 0 Å². The highest BCUT2D eigenvalue weighted by Gasteiger charge is 2.37. The molecule has 0 aromatic heterocycles. The molecule has 0 spiro atoms. The molecule has 0 bridgehead atoms. The van der Waals surface area contributed by atoms with Crippen LogP contribution in [0.2, 0.25) is 5.02 Å². The number of likely N-dealkylation sites (tertiary alicyclic amines) is 1. The summed E-state index contributed by atoms with van der Waals surface area (Å²) in [7, 11) is 1.69. The van der Waals surface area contributed by atoms with E-state index in [1.54, 1.807) is 7.11 Å². The van der Waals surface area contributed by atoms with Crippen LogP contribution in [-0.4, -0.2) is 30.1 Å². The fourth-order valence-electron chi connectivity index (χ4n) is 3.30. The minimum atomic E-state index is 0.0385. The standard InChI is InChI=1S/C17H27ClN2O/c1-17(2,3)20-11-6-5-9-13(19)16(20)15-12(18)8-7-10-14(15)21-4/h7-8,10,13,16H,5-6,9,11,19H2,1-4H3. The van der Waals surface area contributed by atoms with Crippen LogP contribution in [-0.2, 0) is 0 Å². The van der Waals surface area contributed by atoms with Crippen molar-refractivity contribution in [3.63, 3.8) is 0 Å². The molecule has 4 heteroatoms. The minimum absolute atomic E-state index is 0.0385. The van der Waals surface area contributed by atoms with E-state index in [1.165, 1.54) is 6.42 Å². The van der Waals surface area contributed by atoms with E-state index in [0.29, 0.717) is 0 Å². The van der Waals surface area contributed by atoms with Gasteiger partial charge in [-0.25, -0.2) is 0 Å². The maximum absolute atomic E-state index is 6.53. The molecule has 2 unspecified atom stereocenters. The van der Waals surface area contributed by atoms with Gasteiger partial charge in [-0.15, -0.1) is 0 Å². The number of ether oxygens (including phenoxy) is 1. The maximum Gasteiger partial charge on any atom is 0.125 e. The van der Waals surface area contributed by atoms with Gasteiger partial charge in [-0.2, -0.15) is 0 Å². The van der Waals surface area contributed by atoms with Gasteiger partial charge in [0.1, 0.15) is 5.75 Å². The second-order valence-electron chi connectivity index (χ2n) is 6.82. The maximum atomic E-state index is 6.53. The first-order valence-corrected chi connectivity index (χ1v) is 8.08. The Hall–Kier alpha value is -0.770. The van der Waals surface area contributed by atoms with E-state index < -0.39 is 0 Å². The highest BCUT2D eigenvalue weighted by atomic mass is 35.5. The first-order valence-electron chi connectivity index (χ1n) is 7.71. The van der Waals surface area contributed by atoms with Gasteiger partial charge in [0.05, 0.1) is 13.2 Å². The van der Waals surface area contributed by atoms with Gasteiger partial charge >= 0.3 is 0 Å². The van der Waals surface area contributed by atoms with E-state index in [0.717, 1.165) is 35.7 Å². The van der Waals surface area contributed by atoms with Crippen LogP contribution < -0.4 is 10.5 Å². The summed E-state index contributed by atoms with van der Waals surface area (Å²) in [4.78, 5) is 2.48. The summed E-state index contributed by atoms with van der Waals surface area (Å²) in [5.74, 6) is 0.833. The normalized spacial score (nSPS) is 24.7. The van der Waals surface area contributed by atoms with Crippen molar-refractivity contribution in [1.82, 2.24) is 4.90 Å². The molecule has 0 radical (unpaired) electrons. The quantitative estimate of drug-likeness (QED) is 0.897. The lowest BCUT2D eigenvalue weighted by Gasteiger charge is -2.43. The molecule has 2 atom stereocenters. The summed E-state index contributed by atoms with van der Waals surface area (Å²) < 4.78 is 5.56. The molecule has 0 amide bonds. The molecule has 0 aliphatic carbocycles. The third-order valence-corrected chi connectivity index (χ3v) is 4.65. The average molecular weight is 311 g/mol. The first-order chi connectivity index (χ1) is 9.86. The molecule has 1 saturated heterocycles. The van der Waals surface area contributed by atoms with Gasteiger partial charge in [-0.1, -0.05) is 24.1 Å². The predicted molar refractivity (Wildman–Crippen MR) is 89.0 cm³/mol. The molecule has 1 fully saturated rings. The van der Waals surface area contributed by atoms with Crippen LogP contribution in [0.4, 0.5) is 0 Å². The lowest BCUT2D eigenvalue weighted by atomic mass is 9.91. The molecule has 1 aromatic carbocycles. The summed E-state index contributed by atoms with van der Waals surface area (Å²) in [6.45, 7) is 7.75. The molecule has 1 heterocycles. The zero-order chi connectivity index (χ0) is 15.6. The van der Waals surface area contributed by atoms with Gasteiger partial charge in [0.15, 0.2) is 0 Å². The highest BCUT2D eigenvalue weighted by Crippen LogP contribution is 2.41. The topological polar surface area (TPSA) is 38.5 Å². The highest BCUT2D eigenvalue weighted by molar-refractivity contribution is 6.31. The number of benzene rings is 1. The summed E-state index contributed by atoms with van der Waals surface area (Å²) >= 11 is 6.51.